The van der Waals surface area contributed by atoms with Gasteiger partial charge in [0.2, 0.25) is 5.91 Å². The molecule has 0 aliphatic carbocycles. The smallest absolute Gasteiger partial charge is 0.329 e. The Bertz CT molecular complexity index is 493. The highest BCUT2D eigenvalue weighted by Crippen LogP contribution is 2.27. The van der Waals surface area contributed by atoms with Crippen LogP contribution in [0.1, 0.15) is 12.5 Å². The maximum Gasteiger partial charge on any atom is 0.329 e. The highest BCUT2D eigenvalue weighted by molar-refractivity contribution is 5.83. The molecule has 21 heavy (non-hydrogen) atoms. The van der Waals surface area contributed by atoms with Crippen LogP contribution in [-0.4, -0.2) is 44.2 Å². The lowest BCUT2D eigenvalue weighted by Crippen LogP contribution is -2.48. The molecule has 0 saturated carbocycles. The Balaban J connectivity index is 1.78. The van der Waals surface area contributed by atoms with E-state index in [-0.39, 0.29) is 12.0 Å². The standard InChI is InChI=1S/C15H20N2O4/c1-10(18)17-13(15(19)20-2)9-16-8-12-7-11-5-3-4-6-14(11)21-12/h3-6,12-13,16H,7-9H2,1-2H3,(H,17,18). The molecule has 2 rings (SSSR count). The molecular weight excluding hydrogens is 272 g/mol. The highest BCUT2D eigenvalue weighted by atomic mass is 16.5. The lowest BCUT2D eigenvalue weighted by Gasteiger charge is -2.17. The number of carbonyl (C=O) groups is 2. The first-order chi connectivity index (χ1) is 10.1. The van der Waals surface area contributed by atoms with Crippen LogP contribution in [0.4, 0.5) is 0 Å². The molecule has 0 fully saturated rings. The molecule has 1 heterocycles. The molecule has 6 heteroatoms. The first-order valence-corrected chi connectivity index (χ1v) is 6.90. The third kappa shape index (κ3) is 4.19. The second-order valence-electron chi connectivity index (χ2n) is 4.99. The minimum atomic E-state index is -0.684. The number of fused-ring (bicyclic) bond motifs is 1. The van der Waals surface area contributed by atoms with Crippen LogP contribution in [0.2, 0.25) is 0 Å². The van der Waals surface area contributed by atoms with Crippen LogP contribution in [0.3, 0.4) is 0 Å². The lowest BCUT2D eigenvalue weighted by atomic mass is 10.1. The van der Waals surface area contributed by atoms with Gasteiger partial charge in [-0.15, -0.1) is 0 Å². The van der Waals surface area contributed by atoms with Gasteiger partial charge < -0.3 is 20.1 Å². The fraction of sp³-hybridized carbons (Fsp3) is 0.467. The van der Waals surface area contributed by atoms with Crippen LogP contribution in [0.5, 0.6) is 5.75 Å². The molecular formula is C15H20N2O4. The normalized spacial score (nSPS) is 17.5. The molecule has 2 N–H and O–H groups in total. The molecule has 1 amide bonds. The van der Waals surface area contributed by atoms with Crippen molar-refractivity contribution in [3.05, 3.63) is 29.8 Å². The first kappa shape index (κ1) is 15.3. The fourth-order valence-corrected chi connectivity index (χ4v) is 2.34. The number of ether oxygens (including phenoxy) is 2. The Kier molecular flexibility index (Phi) is 5.16. The summed E-state index contributed by atoms with van der Waals surface area (Å²) in [5.74, 6) is 0.181. The summed E-state index contributed by atoms with van der Waals surface area (Å²) in [6, 6.07) is 7.24. The van der Waals surface area contributed by atoms with Crippen LogP contribution in [0.15, 0.2) is 24.3 Å². The largest absolute Gasteiger partial charge is 0.488 e. The molecule has 2 unspecified atom stereocenters. The van der Waals surface area contributed by atoms with E-state index in [9.17, 15) is 9.59 Å². The van der Waals surface area contributed by atoms with E-state index >= 15 is 0 Å². The minimum Gasteiger partial charge on any atom is -0.488 e. The SMILES string of the molecule is COC(=O)C(CNCC1Cc2ccccc2O1)NC(C)=O. The summed E-state index contributed by atoms with van der Waals surface area (Å²) in [4.78, 5) is 22.6. The monoisotopic (exact) mass is 292 g/mol. The van der Waals surface area contributed by atoms with Crippen molar-refractivity contribution >= 4 is 11.9 Å². The zero-order valence-corrected chi connectivity index (χ0v) is 12.2. The molecule has 0 spiro atoms. The Labute approximate surface area is 123 Å². The van der Waals surface area contributed by atoms with Gasteiger partial charge >= 0.3 is 5.97 Å². The van der Waals surface area contributed by atoms with Crippen LogP contribution in [0, 0.1) is 0 Å². The molecule has 1 aromatic carbocycles. The van der Waals surface area contributed by atoms with E-state index in [1.54, 1.807) is 0 Å². The molecule has 0 aromatic heterocycles. The molecule has 2 atom stereocenters. The topological polar surface area (TPSA) is 76.7 Å². The van der Waals surface area contributed by atoms with E-state index < -0.39 is 12.0 Å². The summed E-state index contributed by atoms with van der Waals surface area (Å²) in [5, 5.41) is 5.70. The van der Waals surface area contributed by atoms with Crippen LogP contribution < -0.4 is 15.4 Å². The number of carbonyl (C=O) groups excluding carboxylic acids is 2. The molecule has 1 aliphatic rings. The van der Waals surface area contributed by atoms with Crippen molar-refractivity contribution in [3.63, 3.8) is 0 Å². The van der Waals surface area contributed by atoms with Crippen molar-refractivity contribution in [2.45, 2.75) is 25.5 Å². The van der Waals surface area contributed by atoms with E-state index in [1.165, 1.54) is 19.6 Å². The van der Waals surface area contributed by atoms with Crippen molar-refractivity contribution in [2.75, 3.05) is 20.2 Å². The summed E-state index contributed by atoms with van der Waals surface area (Å²) in [5.41, 5.74) is 1.19. The van der Waals surface area contributed by atoms with E-state index in [1.807, 2.05) is 24.3 Å². The average Bonchev–Trinajstić information content (AvgIpc) is 2.87. The molecule has 1 aromatic rings. The predicted molar refractivity (Wildman–Crippen MR) is 77.1 cm³/mol. The number of rotatable bonds is 6. The Hall–Kier alpha value is -2.08. The summed E-state index contributed by atoms with van der Waals surface area (Å²) >= 11 is 0. The number of esters is 1. The summed E-state index contributed by atoms with van der Waals surface area (Å²) in [7, 11) is 1.30. The van der Waals surface area contributed by atoms with Crippen LogP contribution in [0.25, 0.3) is 0 Å². The lowest BCUT2D eigenvalue weighted by molar-refractivity contribution is -0.144. The van der Waals surface area contributed by atoms with Gasteiger partial charge in [0, 0.05) is 26.4 Å². The molecule has 0 saturated heterocycles. The van der Waals surface area contributed by atoms with Crippen LogP contribution in [-0.2, 0) is 20.7 Å². The summed E-state index contributed by atoms with van der Waals surface area (Å²) in [6.45, 7) is 2.27. The minimum absolute atomic E-state index is 0.0398. The second kappa shape index (κ2) is 7.08. The van der Waals surface area contributed by atoms with Gasteiger partial charge in [-0.05, 0) is 11.6 Å². The molecule has 1 aliphatic heterocycles. The Morgan fingerprint density at radius 3 is 2.86 bits per heavy atom. The highest BCUT2D eigenvalue weighted by Gasteiger charge is 2.24. The number of methoxy groups -OCH3 is 1. The van der Waals surface area contributed by atoms with Gasteiger partial charge in [0.25, 0.3) is 0 Å². The zero-order chi connectivity index (χ0) is 15.2. The van der Waals surface area contributed by atoms with Gasteiger partial charge in [0.15, 0.2) is 0 Å². The van der Waals surface area contributed by atoms with Crippen molar-refractivity contribution in [1.82, 2.24) is 10.6 Å². The fourth-order valence-electron chi connectivity index (χ4n) is 2.34. The summed E-state index contributed by atoms with van der Waals surface area (Å²) in [6.07, 6.45) is 0.879. The number of benzene rings is 1. The van der Waals surface area contributed by atoms with E-state index in [0.717, 1.165) is 12.2 Å². The predicted octanol–water partition coefficient (Wildman–Crippen LogP) is 0.257. The van der Waals surface area contributed by atoms with E-state index in [2.05, 4.69) is 15.4 Å². The molecule has 6 nitrogen and oxygen atoms in total. The molecule has 114 valence electrons. The van der Waals surface area contributed by atoms with Crippen LogP contribution >= 0.6 is 0 Å². The Morgan fingerprint density at radius 1 is 1.43 bits per heavy atom. The average molecular weight is 292 g/mol. The van der Waals surface area contributed by atoms with Crippen molar-refractivity contribution < 1.29 is 19.1 Å². The van der Waals surface area contributed by atoms with Crippen molar-refractivity contribution in [2.24, 2.45) is 0 Å². The number of hydrogen-bond donors (Lipinski definition) is 2. The third-order valence-corrected chi connectivity index (χ3v) is 3.30. The first-order valence-electron chi connectivity index (χ1n) is 6.90. The number of para-hydroxylation sites is 1. The molecule has 0 bridgehead atoms. The van der Waals surface area contributed by atoms with Gasteiger partial charge in [0.1, 0.15) is 17.9 Å². The number of amides is 1. The van der Waals surface area contributed by atoms with Gasteiger partial charge in [-0.3, -0.25) is 4.79 Å². The quantitative estimate of drug-likeness (QED) is 0.735. The van der Waals surface area contributed by atoms with Gasteiger partial charge in [-0.1, -0.05) is 18.2 Å². The van der Waals surface area contributed by atoms with Gasteiger partial charge in [-0.25, -0.2) is 4.79 Å². The molecule has 0 radical (unpaired) electrons. The van der Waals surface area contributed by atoms with Gasteiger partial charge in [0.05, 0.1) is 7.11 Å². The number of hydrogen-bond acceptors (Lipinski definition) is 5. The summed E-state index contributed by atoms with van der Waals surface area (Å²) < 4.78 is 10.5. The number of nitrogens with one attached hydrogen (secondary N) is 2. The van der Waals surface area contributed by atoms with E-state index in [0.29, 0.717) is 13.1 Å². The van der Waals surface area contributed by atoms with E-state index in [4.69, 9.17) is 4.74 Å². The Morgan fingerprint density at radius 2 is 2.19 bits per heavy atom. The van der Waals surface area contributed by atoms with Crippen molar-refractivity contribution in [1.29, 1.82) is 0 Å². The van der Waals surface area contributed by atoms with Crippen molar-refractivity contribution in [3.8, 4) is 5.75 Å². The van der Waals surface area contributed by atoms with Gasteiger partial charge in [-0.2, -0.15) is 0 Å². The second-order valence-corrected chi connectivity index (χ2v) is 4.99. The zero-order valence-electron chi connectivity index (χ0n) is 12.2. The maximum atomic E-state index is 11.5. The maximum absolute atomic E-state index is 11.5. The third-order valence-electron chi connectivity index (χ3n) is 3.30.